The van der Waals surface area contributed by atoms with E-state index in [2.05, 4.69) is 28.9 Å². The Balaban J connectivity index is 1.78. The molecule has 0 aromatic heterocycles. The maximum Gasteiger partial charge on any atom is 0.142 e. The summed E-state index contributed by atoms with van der Waals surface area (Å²) in [7, 11) is 1.74. The van der Waals surface area contributed by atoms with Crippen LogP contribution >= 0.6 is 0 Å². The Bertz CT molecular complexity index is 416. The van der Waals surface area contributed by atoms with Gasteiger partial charge in [-0.1, -0.05) is 19.1 Å². The molecule has 4 nitrogen and oxygen atoms in total. The van der Waals surface area contributed by atoms with Gasteiger partial charge in [0.1, 0.15) is 5.75 Å². The van der Waals surface area contributed by atoms with Gasteiger partial charge in [-0.25, -0.2) is 0 Å². The van der Waals surface area contributed by atoms with E-state index in [1.807, 2.05) is 12.1 Å². The lowest BCUT2D eigenvalue weighted by molar-refractivity contribution is 0.247. The van der Waals surface area contributed by atoms with E-state index in [-0.39, 0.29) is 0 Å². The van der Waals surface area contributed by atoms with Gasteiger partial charge < -0.3 is 15.4 Å². The SMILES string of the molecule is COc1ccccc1N1CCN(CCCC(C)CN)CC1. The highest BCUT2D eigenvalue weighted by molar-refractivity contribution is 5.58. The van der Waals surface area contributed by atoms with Crippen molar-refractivity contribution in [2.45, 2.75) is 19.8 Å². The van der Waals surface area contributed by atoms with Crippen LogP contribution in [0.3, 0.4) is 0 Å². The van der Waals surface area contributed by atoms with Crippen LogP contribution < -0.4 is 15.4 Å². The van der Waals surface area contributed by atoms with Crippen LogP contribution in [0.2, 0.25) is 0 Å². The first kappa shape index (κ1) is 16.1. The van der Waals surface area contributed by atoms with Gasteiger partial charge in [-0.3, -0.25) is 4.90 Å². The monoisotopic (exact) mass is 291 g/mol. The number of methoxy groups -OCH3 is 1. The fourth-order valence-corrected chi connectivity index (χ4v) is 2.88. The van der Waals surface area contributed by atoms with Crippen LogP contribution in [-0.4, -0.2) is 51.3 Å². The molecule has 1 atom stereocenters. The third-order valence-corrected chi connectivity index (χ3v) is 4.37. The molecule has 21 heavy (non-hydrogen) atoms. The summed E-state index contributed by atoms with van der Waals surface area (Å²) in [6.07, 6.45) is 2.50. The lowest BCUT2D eigenvalue weighted by Gasteiger charge is -2.36. The van der Waals surface area contributed by atoms with Crippen molar-refractivity contribution in [3.8, 4) is 5.75 Å². The molecule has 1 aliphatic rings. The Morgan fingerprint density at radius 1 is 1.19 bits per heavy atom. The number of nitrogens with two attached hydrogens (primary N) is 1. The van der Waals surface area contributed by atoms with Crippen molar-refractivity contribution in [1.29, 1.82) is 0 Å². The Morgan fingerprint density at radius 2 is 1.90 bits per heavy atom. The van der Waals surface area contributed by atoms with Crippen LogP contribution in [0.5, 0.6) is 5.75 Å². The van der Waals surface area contributed by atoms with Crippen LogP contribution in [0.1, 0.15) is 19.8 Å². The van der Waals surface area contributed by atoms with E-state index in [1.54, 1.807) is 7.11 Å². The van der Waals surface area contributed by atoms with Gasteiger partial charge in [-0.15, -0.1) is 0 Å². The third kappa shape index (κ3) is 4.61. The second-order valence-electron chi connectivity index (χ2n) is 5.98. The zero-order valence-corrected chi connectivity index (χ0v) is 13.4. The van der Waals surface area contributed by atoms with Gasteiger partial charge in [0, 0.05) is 26.2 Å². The van der Waals surface area contributed by atoms with Crippen LogP contribution in [-0.2, 0) is 0 Å². The van der Waals surface area contributed by atoms with Gasteiger partial charge in [-0.05, 0) is 44.0 Å². The smallest absolute Gasteiger partial charge is 0.142 e. The molecule has 4 heteroatoms. The number of ether oxygens (including phenoxy) is 1. The van der Waals surface area contributed by atoms with Crippen molar-refractivity contribution in [2.75, 3.05) is 51.3 Å². The average Bonchev–Trinajstić information content (AvgIpc) is 2.55. The molecule has 0 aliphatic carbocycles. The molecule has 1 fully saturated rings. The van der Waals surface area contributed by atoms with Crippen LogP contribution in [0.25, 0.3) is 0 Å². The number of benzene rings is 1. The summed E-state index contributed by atoms with van der Waals surface area (Å²) in [5.74, 6) is 1.63. The Labute approximate surface area is 128 Å². The third-order valence-electron chi connectivity index (χ3n) is 4.37. The summed E-state index contributed by atoms with van der Waals surface area (Å²) in [5, 5.41) is 0. The predicted molar refractivity (Wildman–Crippen MR) is 89.1 cm³/mol. The number of anilines is 1. The molecule has 0 bridgehead atoms. The first-order valence-electron chi connectivity index (χ1n) is 8.05. The summed E-state index contributed by atoms with van der Waals surface area (Å²) in [5.41, 5.74) is 6.89. The standard InChI is InChI=1S/C17H29N3O/c1-15(14-18)6-5-9-19-10-12-20(13-11-19)16-7-3-4-8-17(16)21-2/h3-4,7-8,15H,5-6,9-14,18H2,1-2H3. The van der Waals surface area contributed by atoms with Gasteiger partial charge in [0.2, 0.25) is 0 Å². The first-order chi connectivity index (χ1) is 10.2. The summed E-state index contributed by atoms with van der Waals surface area (Å²) < 4.78 is 5.46. The first-order valence-corrected chi connectivity index (χ1v) is 8.05. The highest BCUT2D eigenvalue weighted by Crippen LogP contribution is 2.28. The lowest BCUT2D eigenvalue weighted by atomic mass is 10.1. The molecule has 0 spiro atoms. The summed E-state index contributed by atoms with van der Waals surface area (Å²) >= 11 is 0. The van der Waals surface area contributed by atoms with E-state index in [9.17, 15) is 0 Å². The van der Waals surface area contributed by atoms with Gasteiger partial charge >= 0.3 is 0 Å². The maximum atomic E-state index is 5.67. The van der Waals surface area contributed by atoms with Crippen molar-refractivity contribution in [2.24, 2.45) is 11.7 Å². The van der Waals surface area contributed by atoms with Gasteiger partial charge in [0.05, 0.1) is 12.8 Å². The summed E-state index contributed by atoms with van der Waals surface area (Å²) in [6, 6.07) is 8.29. The zero-order chi connectivity index (χ0) is 15.1. The molecule has 1 aromatic carbocycles. The predicted octanol–water partition coefficient (Wildman–Crippen LogP) is 2.19. The van der Waals surface area contributed by atoms with Gasteiger partial charge in [0.15, 0.2) is 0 Å². The number of para-hydroxylation sites is 2. The quantitative estimate of drug-likeness (QED) is 0.836. The van der Waals surface area contributed by atoms with Crippen molar-refractivity contribution < 1.29 is 4.74 Å². The molecule has 0 amide bonds. The molecule has 1 unspecified atom stereocenters. The highest BCUT2D eigenvalue weighted by atomic mass is 16.5. The topological polar surface area (TPSA) is 41.7 Å². The molecule has 1 saturated heterocycles. The van der Waals surface area contributed by atoms with Crippen molar-refractivity contribution in [3.05, 3.63) is 24.3 Å². The molecule has 1 aromatic rings. The molecule has 2 N–H and O–H groups in total. The minimum Gasteiger partial charge on any atom is -0.495 e. The van der Waals surface area contributed by atoms with Crippen molar-refractivity contribution in [3.63, 3.8) is 0 Å². The average molecular weight is 291 g/mol. The normalized spacial score (nSPS) is 17.8. The largest absolute Gasteiger partial charge is 0.495 e. The number of hydrogen-bond donors (Lipinski definition) is 1. The zero-order valence-electron chi connectivity index (χ0n) is 13.4. The number of hydrogen-bond acceptors (Lipinski definition) is 4. The Kier molecular flexibility index (Phi) is 6.33. The Hall–Kier alpha value is -1.26. The van der Waals surface area contributed by atoms with Gasteiger partial charge in [-0.2, -0.15) is 0 Å². The van der Waals surface area contributed by atoms with Crippen LogP contribution in [0, 0.1) is 5.92 Å². The van der Waals surface area contributed by atoms with E-state index in [1.165, 1.54) is 25.1 Å². The molecule has 1 heterocycles. The van der Waals surface area contributed by atoms with E-state index >= 15 is 0 Å². The van der Waals surface area contributed by atoms with Crippen molar-refractivity contribution >= 4 is 5.69 Å². The molecular weight excluding hydrogens is 262 g/mol. The minimum absolute atomic E-state index is 0.653. The maximum absolute atomic E-state index is 5.67. The summed E-state index contributed by atoms with van der Waals surface area (Å²) in [6.45, 7) is 8.66. The van der Waals surface area contributed by atoms with E-state index in [4.69, 9.17) is 10.5 Å². The lowest BCUT2D eigenvalue weighted by Crippen LogP contribution is -2.46. The Morgan fingerprint density at radius 3 is 2.57 bits per heavy atom. The van der Waals surface area contributed by atoms with E-state index in [0.717, 1.165) is 38.5 Å². The molecule has 1 aliphatic heterocycles. The molecule has 118 valence electrons. The second-order valence-corrected chi connectivity index (χ2v) is 5.98. The summed E-state index contributed by atoms with van der Waals surface area (Å²) in [4.78, 5) is 4.99. The molecule has 0 radical (unpaired) electrons. The highest BCUT2D eigenvalue weighted by Gasteiger charge is 2.19. The number of nitrogens with zero attached hydrogens (tertiary/aromatic N) is 2. The van der Waals surface area contributed by atoms with E-state index in [0.29, 0.717) is 5.92 Å². The van der Waals surface area contributed by atoms with Crippen LogP contribution in [0.15, 0.2) is 24.3 Å². The fraction of sp³-hybridized carbons (Fsp3) is 0.647. The van der Waals surface area contributed by atoms with Crippen molar-refractivity contribution in [1.82, 2.24) is 4.90 Å². The van der Waals surface area contributed by atoms with Crippen LogP contribution in [0.4, 0.5) is 5.69 Å². The molecule has 0 saturated carbocycles. The molecular formula is C17H29N3O. The number of piperazine rings is 1. The van der Waals surface area contributed by atoms with E-state index < -0.39 is 0 Å². The number of rotatable bonds is 7. The fourth-order valence-electron chi connectivity index (χ4n) is 2.88. The second kappa shape index (κ2) is 8.25. The van der Waals surface area contributed by atoms with Gasteiger partial charge in [0.25, 0.3) is 0 Å². The minimum atomic E-state index is 0.653. The molecule has 2 rings (SSSR count).